The van der Waals surface area contributed by atoms with Crippen molar-refractivity contribution in [3.63, 3.8) is 0 Å². The Kier molecular flexibility index (Phi) is 23.9. The summed E-state index contributed by atoms with van der Waals surface area (Å²) in [4.78, 5) is 22.1. The van der Waals surface area contributed by atoms with Crippen LogP contribution in [0, 0.1) is 13.8 Å². The van der Waals surface area contributed by atoms with E-state index in [1.54, 1.807) is 25.6 Å². The van der Waals surface area contributed by atoms with Gasteiger partial charge in [0.05, 0.1) is 5.71 Å². The number of hydrogen-bond donors (Lipinski definition) is 1. The van der Waals surface area contributed by atoms with Crippen molar-refractivity contribution in [3.05, 3.63) is 90.4 Å². The third kappa shape index (κ3) is 19.2. The predicted octanol–water partition coefficient (Wildman–Crippen LogP) is 9.40. The maximum Gasteiger partial charge on any atom is 0.303 e. The van der Waals surface area contributed by atoms with Crippen LogP contribution in [0.25, 0.3) is 5.69 Å². The predicted molar refractivity (Wildman–Crippen MR) is 168 cm³/mol. The summed E-state index contributed by atoms with van der Waals surface area (Å²) < 4.78 is 2.02. The summed E-state index contributed by atoms with van der Waals surface area (Å²) in [5.41, 5.74) is 5.99. The number of aryl methyl sites for hydroxylation is 1. The van der Waals surface area contributed by atoms with Crippen LogP contribution in [-0.2, 0) is 4.79 Å². The number of carbonyl (C=O) groups is 1. The fourth-order valence-corrected chi connectivity index (χ4v) is 3.08. The van der Waals surface area contributed by atoms with Crippen molar-refractivity contribution in [3.8, 4) is 5.69 Å². The summed E-state index contributed by atoms with van der Waals surface area (Å²) in [6, 6.07) is 14.2. The first kappa shape index (κ1) is 37.6. The fraction of sp³-hybridized carbons (Fsp3) is 0.455. The average molecular weight is 537 g/mol. The summed E-state index contributed by atoms with van der Waals surface area (Å²) in [6.07, 6.45) is 12.6. The minimum Gasteiger partial charge on any atom is -0.481 e. The highest BCUT2D eigenvalue weighted by Crippen LogP contribution is 2.14. The molecule has 1 aromatic carbocycles. The molecule has 0 radical (unpaired) electrons. The number of imidazole rings is 1. The zero-order valence-electron chi connectivity index (χ0n) is 25.9. The lowest BCUT2D eigenvalue weighted by molar-refractivity contribution is -0.136. The summed E-state index contributed by atoms with van der Waals surface area (Å²) in [5.74, 6) is -0.745. The van der Waals surface area contributed by atoms with Gasteiger partial charge in [0, 0.05) is 35.9 Å². The van der Waals surface area contributed by atoms with Gasteiger partial charge in [-0.2, -0.15) is 0 Å². The Hall–Kier alpha value is -3.54. The van der Waals surface area contributed by atoms with E-state index >= 15 is 0 Å². The molecule has 0 unspecified atom stereocenters. The van der Waals surface area contributed by atoms with E-state index in [1.807, 2.05) is 69.5 Å². The Bertz CT molecular complexity index is 1040. The maximum atomic E-state index is 9.37. The normalized spacial score (nSPS) is 9.72. The van der Waals surface area contributed by atoms with Gasteiger partial charge in [-0.3, -0.25) is 14.8 Å². The van der Waals surface area contributed by atoms with Gasteiger partial charge in [-0.15, -0.1) is 0 Å². The van der Waals surface area contributed by atoms with E-state index in [9.17, 15) is 4.79 Å². The molecule has 0 fully saturated rings. The van der Waals surface area contributed by atoms with E-state index in [0.29, 0.717) is 0 Å². The summed E-state index contributed by atoms with van der Waals surface area (Å²) in [6.45, 7) is 21.8. The SMILES string of the molecule is C=C(C)N=C(C)c1ncn(-c2ccncc2)c1C.CC.CCC(=O)O.CCCCCCC.Cc1ccccc1. The Morgan fingerprint density at radius 3 is 1.82 bits per heavy atom. The second-order valence-electron chi connectivity index (χ2n) is 8.65. The van der Waals surface area contributed by atoms with Crippen LogP contribution in [0.2, 0.25) is 0 Å². The van der Waals surface area contributed by atoms with Gasteiger partial charge < -0.3 is 9.67 Å². The Morgan fingerprint density at radius 1 is 0.923 bits per heavy atom. The number of nitrogens with zero attached hydrogens (tertiary/aromatic N) is 4. The lowest BCUT2D eigenvalue weighted by atomic mass is 10.2. The van der Waals surface area contributed by atoms with Gasteiger partial charge in [-0.1, -0.05) is 109 Å². The van der Waals surface area contributed by atoms with Gasteiger partial charge in [0.2, 0.25) is 0 Å². The molecule has 3 rings (SSSR count). The van der Waals surface area contributed by atoms with Gasteiger partial charge in [-0.25, -0.2) is 4.98 Å². The maximum absolute atomic E-state index is 9.37. The van der Waals surface area contributed by atoms with Gasteiger partial charge in [0.1, 0.15) is 12.0 Å². The summed E-state index contributed by atoms with van der Waals surface area (Å²) in [5, 5.41) is 7.72. The van der Waals surface area contributed by atoms with Crippen molar-refractivity contribution in [1.29, 1.82) is 0 Å². The number of pyridine rings is 1. The first-order valence-electron chi connectivity index (χ1n) is 14.1. The Morgan fingerprint density at radius 2 is 1.44 bits per heavy atom. The molecular weight excluding hydrogens is 484 g/mol. The number of aromatic nitrogens is 3. The zero-order valence-corrected chi connectivity index (χ0v) is 25.9. The van der Waals surface area contributed by atoms with Crippen LogP contribution in [0.5, 0.6) is 0 Å². The first-order chi connectivity index (χ1) is 18.7. The Balaban J connectivity index is 0. The van der Waals surface area contributed by atoms with Crippen LogP contribution >= 0.6 is 0 Å². The molecule has 0 atom stereocenters. The standard InChI is InChI=1S/C14H16N4.C7H8.C7H16.C3H6O2.C2H6/c1-10(2)17-11(3)14-12(4)18(9-16-14)13-5-7-15-8-6-13;1-7-5-3-2-4-6-7;1-3-5-7-6-4-2;1-2-3(4)5;1-2/h5-9H,1H2,2-4H3;2-6H,1H3;3-7H2,1-2H3;2H2,1H3,(H,4,5);1-2H3. The van der Waals surface area contributed by atoms with Crippen molar-refractivity contribution in [1.82, 2.24) is 14.5 Å². The number of aliphatic carboxylic acids is 1. The lowest BCUT2D eigenvalue weighted by Crippen LogP contribution is -2.01. The number of allylic oxidation sites excluding steroid dienone is 1. The van der Waals surface area contributed by atoms with Crippen LogP contribution < -0.4 is 0 Å². The summed E-state index contributed by atoms with van der Waals surface area (Å²) >= 11 is 0. The molecule has 216 valence electrons. The molecule has 0 aliphatic carbocycles. The van der Waals surface area contributed by atoms with Crippen LogP contribution in [-0.4, -0.2) is 31.3 Å². The van der Waals surface area contributed by atoms with Crippen LogP contribution in [0.1, 0.15) is 104 Å². The van der Waals surface area contributed by atoms with Crippen molar-refractivity contribution in [2.75, 3.05) is 0 Å². The van der Waals surface area contributed by atoms with E-state index in [2.05, 4.69) is 54.4 Å². The number of carboxylic acid groups (broad SMARTS) is 1. The second-order valence-corrected chi connectivity index (χ2v) is 8.65. The molecule has 0 aliphatic rings. The zero-order chi connectivity index (χ0) is 30.1. The van der Waals surface area contributed by atoms with Gasteiger partial charge in [-0.05, 0) is 39.8 Å². The molecule has 2 heterocycles. The fourth-order valence-electron chi connectivity index (χ4n) is 3.08. The molecule has 6 heteroatoms. The molecule has 0 bridgehead atoms. The van der Waals surface area contributed by atoms with Crippen molar-refractivity contribution < 1.29 is 9.90 Å². The number of aliphatic imine (C=N–C) groups is 1. The molecule has 39 heavy (non-hydrogen) atoms. The van der Waals surface area contributed by atoms with Crippen LogP contribution in [0.3, 0.4) is 0 Å². The smallest absolute Gasteiger partial charge is 0.303 e. The molecule has 2 aromatic heterocycles. The lowest BCUT2D eigenvalue weighted by Gasteiger charge is -2.05. The molecule has 0 spiro atoms. The number of hydrogen-bond acceptors (Lipinski definition) is 4. The highest BCUT2D eigenvalue weighted by atomic mass is 16.4. The molecule has 0 saturated heterocycles. The second kappa shape index (κ2) is 24.8. The van der Waals surface area contributed by atoms with E-state index in [-0.39, 0.29) is 6.42 Å². The van der Waals surface area contributed by atoms with Crippen LogP contribution in [0.15, 0.2) is 78.5 Å². The first-order valence-corrected chi connectivity index (χ1v) is 14.1. The molecular formula is C33H52N4O2. The number of rotatable bonds is 8. The van der Waals surface area contributed by atoms with E-state index < -0.39 is 5.97 Å². The molecule has 0 amide bonds. The minimum atomic E-state index is -0.745. The average Bonchev–Trinajstić information content (AvgIpc) is 3.33. The molecule has 0 aliphatic heterocycles. The molecule has 1 N–H and O–H groups in total. The van der Waals surface area contributed by atoms with Gasteiger partial charge >= 0.3 is 5.97 Å². The molecule has 6 nitrogen and oxygen atoms in total. The van der Waals surface area contributed by atoms with Crippen LogP contribution in [0.4, 0.5) is 0 Å². The summed E-state index contributed by atoms with van der Waals surface area (Å²) in [7, 11) is 0. The molecule has 0 saturated carbocycles. The number of benzene rings is 1. The van der Waals surface area contributed by atoms with Crippen molar-refractivity contribution in [2.45, 2.75) is 101 Å². The third-order valence-electron chi connectivity index (χ3n) is 5.10. The Labute approximate surface area is 238 Å². The molecule has 3 aromatic rings. The topological polar surface area (TPSA) is 80.4 Å². The monoisotopic (exact) mass is 536 g/mol. The van der Waals surface area contributed by atoms with Crippen molar-refractivity contribution in [2.24, 2.45) is 4.99 Å². The largest absolute Gasteiger partial charge is 0.481 e. The third-order valence-corrected chi connectivity index (χ3v) is 5.10. The van der Waals surface area contributed by atoms with Gasteiger partial charge in [0.15, 0.2) is 0 Å². The van der Waals surface area contributed by atoms with E-state index in [1.165, 1.54) is 37.7 Å². The van der Waals surface area contributed by atoms with Crippen molar-refractivity contribution >= 4 is 11.7 Å². The quantitative estimate of drug-likeness (QED) is 0.230. The number of carboxylic acids is 1. The number of unbranched alkanes of at least 4 members (excludes halogenated alkanes) is 4. The minimum absolute atomic E-state index is 0.222. The van der Waals surface area contributed by atoms with Gasteiger partial charge in [0.25, 0.3) is 0 Å². The highest BCUT2D eigenvalue weighted by molar-refractivity contribution is 5.98. The van der Waals surface area contributed by atoms with E-state index in [4.69, 9.17) is 5.11 Å². The highest BCUT2D eigenvalue weighted by Gasteiger charge is 2.10. The van der Waals surface area contributed by atoms with E-state index in [0.717, 1.165) is 28.5 Å².